The zero-order valence-corrected chi connectivity index (χ0v) is 17.6. The minimum Gasteiger partial charge on any atom is -0.490 e. The fraction of sp³-hybridized carbons (Fsp3) is 0.348. The molecule has 162 valence electrons. The molecule has 0 radical (unpaired) electrons. The Morgan fingerprint density at radius 2 is 1.90 bits per heavy atom. The average molecular weight is 422 g/mol. The summed E-state index contributed by atoms with van der Waals surface area (Å²) in [5, 5.41) is 12.2. The van der Waals surface area contributed by atoms with Gasteiger partial charge in [-0.3, -0.25) is 0 Å². The molecule has 0 atom stereocenters. The predicted octanol–water partition coefficient (Wildman–Crippen LogP) is 3.27. The molecule has 1 aliphatic rings. The molecule has 3 aromatic rings. The van der Waals surface area contributed by atoms with Gasteiger partial charge in [-0.1, -0.05) is 0 Å². The second-order valence-corrected chi connectivity index (χ2v) is 7.39. The number of anilines is 3. The van der Waals surface area contributed by atoms with E-state index in [1.165, 1.54) is 0 Å². The third-order valence-electron chi connectivity index (χ3n) is 5.11. The number of rotatable bonds is 8. The van der Waals surface area contributed by atoms with E-state index in [4.69, 9.17) is 14.6 Å². The van der Waals surface area contributed by atoms with E-state index in [9.17, 15) is 0 Å². The second kappa shape index (κ2) is 10.2. The molecule has 8 heteroatoms. The van der Waals surface area contributed by atoms with E-state index in [0.29, 0.717) is 12.5 Å². The Balaban J connectivity index is 1.41. The third-order valence-corrected chi connectivity index (χ3v) is 5.11. The summed E-state index contributed by atoms with van der Waals surface area (Å²) in [5.74, 6) is 2.15. The van der Waals surface area contributed by atoms with Crippen LogP contribution >= 0.6 is 0 Å². The molecular weight excluding hydrogens is 394 g/mol. The maximum atomic E-state index is 9.05. The number of aliphatic hydroxyl groups is 1. The molecule has 8 nitrogen and oxygen atoms in total. The number of hydrogen-bond acceptors (Lipinski definition) is 8. The van der Waals surface area contributed by atoms with Crippen LogP contribution < -0.4 is 15.0 Å². The quantitative estimate of drug-likeness (QED) is 0.573. The van der Waals surface area contributed by atoms with Crippen LogP contribution in [0, 0.1) is 0 Å². The summed E-state index contributed by atoms with van der Waals surface area (Å²) in [5.41, 5.74) is 2.60. The molecule has 1 fully saturated rings. The van der Waals surface area contributed by atoms with Crippen LogP contribution in [0.2, 0.25) is 0 Å². The lowest BCUT2D eigenvalue weighted by atomic mass is 10.1. The number of hydrogen-bond donors (Lipinski definition) is 2. The topological polar surface area (TPSA) is 92.6 Å². The smallest absolute Gasteiger partial charge is 0.227 e. The van der Waals surface area contributed by atoms with Gasteiger partial charge in [-0.2, -0.15) is 0 Å². The zero-order chi connectivity index (χ0) is 21.5. The van der Waals surface area contributed by atoms with Crippen LogP contribution in [-0.2, 0) is 4.74 Å². The number of benzene rings is 1. The van der Waals surface area contributed by atoms with E-state index in [0.717, 1.165) is 54.6 Å². The first-order chi connectivity index (χ1) is 15.2. The van der Waals surface area contributed by atoms with Gasteiger partial charge >= 0.3 is 0 Å². The summed E-state index contributed by atoms with van der Waals surface area (Å²) < 4.78 is 11.4. The summed E-state index contributed by atoms with van der Waals surface area (Å²) in [6.45, 7) is 2.14. The van der Waals surface area contributed by atoms with Crippen LogP contribution in [0.25, 0.3) is 11.3 Å². The molecule has 0 unspecified atom stereocenters. The maximum absolute atomic E-state index is 9.05. The van der Waals surface area contributed by atoms with Crippen molar-refractivity contribution in [2.24, 2.45) is 0 Å². The predicted molar refractivity (Wildman–Crippen MR) is 120 cm³/mol. The van der Waals surface area contributed by atoms with Gasteiger partial charge in [-0.05, 0) is 42.5 Å². The molecule has 0 aliphatic carbocycles. The van der Waals surface area contributed by atoms with Gasteiger partial charge < -0.3 is 24.8 Å². The molecule has 1 saturated heterocycles. The molecule has 0 bridgehead atoms. The van der Waals surface area contributed by atoms with Crippen molar-refractivity contribution in [2.45, 2.75) is 18.9 Å². The van der Waals surface area contributed by atoms with Crippen molar-refractivity contribution in [1.29, 1.82) is 0 Å². The normalized spacial score (nSPS) is 14.3. The Hall–Kier alpha value is -3.23. The molecule has 0 spiro atoms. The Bertz CT molecular complexity index is 960. The van der Waals surface area contributed by atoms with E-state index in [1.807, 2.05) is 54.4 Å². The van der Waals surface area contributed by atoms with E-state index < -0.39 is 0 Å². The highest BCUT2D eigenvalue weighted by Crippen LogP contribution is 2.24. The lowest BCUT2D eigenvalue weighted by molar-refractivity contribution is 0.0256. The van der Waals surface area contributed by atoms with Gasteiger partial charge in [0.05, 0.1) is 37.4 Å². The van der Waals surface area contributed by atoms with Crippen molar-refractivity contribution in [1.82, 2.24) is 15.0 Å². The summed E-state index contributed by atoms with van der Waals surface area (Å²) in [6, 6.07) is 13.7. The lowest BCUT2D eigenvalue weighted by Crippen LogP contribution is -2.25. The van der Waals surface area contributed by atoms with Crippen LogP contribution in [0.3, 0.4) is 0 Å². The monoisotopic (exact) mass is 421 g/mol. The first-order valence-corrected chi connectivity index (χ1v) is 10.4. The Kier molecular flexibility index (Phi) is 6.91. The Morgan fingerprint density at radius 3 is 2.61 bits per heavy atom. The number of aliphatic hydroxyl groups excluding tert-OH is 1. The number of nitrogens with one attached hydrogen (secondary N) is 1. The summed E-state index contributed by atoms with van der Waals surface area (Å²) in [4.78, 5) is 15.2. The highest BCUT2D eigenvalue weighted by Gasteiger charge is 2.15. The van der Waals surface area contributed by atoms with Crippen molar-refractivity contribution in [3.05, 3.63) is 54.9 Å². The third kappa shape index (κ3) is 5.68. The van der Waals surface area contributed by atoms with Gasteiger partial charge in [-0.15, -0.1) is 0 Å². The van der Waals surface area contributed by atoms with Crippen LogP contribution in [-0.4, -0.2) is 59.6 Å². The lowest BCUT2D eigenvalue weighted by Gasteiger charge is -2.23. The number of aromatic nitrogens is 3. The zero-order valence-electron chi connectivity index (χ0n) is 17.6. The largest absolute Gasteiger partial charge is 0.490 e. The highest BCUT2D eigenvalue weighted by molar-refractivity contribution is 5.63. The first-order valence-electron chi connectivity index (χ1n) is 10.4. The molecule has 2 aromatic heterocycles. The minimum atomic E-state index is 0.0848. The van der Waals surface area contributed by atoms with E-state index in [1.54, 1.807) is 12.4 Å². The fourth-order valence-electron chi connectivity index (χ4n) is 3.35. The molecule has 1 aliphatic heterocycles. The van der Waals surface area contributed by atoms with Crippen molar-refractivity contribution in [2.75, 3.05) is 43.6 Å². The number of likely N-dealkylation sites (N-methyl/N-ethyl adjacent to an activating group) is 1. The molecule has 1 aromatic carbocycles. The van der Waals surface area contributed by atoms with Crippen molar-refractivity contribution in [3.8, 4) is 17.0 Å². The summed E-state index contributed by atoms with van der Waals surface area (Å²) in [6.07, 6.45) is 5.53. The molecule has 4 rings (SSSR count). The van der Waals surface area contributed by atoms with Gasteiger partial charge in [-0.25, -0.2) is 15.0 Å². The first kappa shape index (κ1) is 21.0. The maximum Gasteiger partial charge on any atom is 0.227 e. The molecular formula is C23H27N5O3. The fourth-order valence-corrected chi connectivity index (χ4v) is 3.35. The highest BCUT2D eigenvalue weighted by atomic mass is 16.5. The van der Waals surface area contributed by atoms with Crippen LogP contribution in [0.5, 0.6) is 5.75 Å². The van der Waals surface area contributed by atoms with Crippen molar-refractivity contribution >= 4 is 17.5 Å². The van der Waals surface area contributed by atoms with E-state index in [-0.39, 0.29) is 12.7 Å². The number of pyridine rings is 1. The molecule has 3 heterocycles. The van der Waals surface area contributed by atoms with E-state index >= 15 is 0 Å². The van der Waals surface area contributed by atoms with Gasteiger partial charge in [0.2, 0.25) is 5.95 Å². The summed E-state index contributed by atoms with van der Waals surface area (Å²) in [7, 11) is 1.89. The van der Waals surface area contributed by atoms with Gasteiger partial charge in [0.25, 0.3) is 0 Å². The van der Waals surface area contributed by atoms with Crippen LogP contribution in [0.4, 0.5) is 17.5 Å². The molecule has 31 heavy (non-hydrogen) atoms. The van der Waals surface area contributed by atoms with Gasteiger partial charge in [0.1, 0.15) is 17.7 Å². The Morgan fingerprint density at radius 1 is 1.10 bits per heavy atom. The van der Waals surface area contributed by atoms with Crippen molar-refractivity contribution < 1.29 is 14.6 Å². The SMILES string of the molecule is CN(CCO)c1ccc(Nc2nccc(-c3ccc(OC4CCOCC4)cc3)n2)cn1. The van der Waals surface area contributed by atoms with Gasteiger partial charge in [0, 0.05) is 38.2 Å². The van der Waals surface area contributed by atoms with Crippen LogP contribution in [0.15, 0.2) is 54.9 Å². The van der Waals surface area contributed by atoms with Gasteiger partial charge in [0.15, 0.2) is 0 Å². The molecule has 0 amide bonds. The van der Waals surface area contributed by atoms with E-state index in [2.05, 4.69) is 20.3 Å². The number of nitrogens with zero attached hydrogens (tertiary/aromatic N) is 4. The Labute approximate surface area is 181 Å². The van der Waals surface area contributed by atoms with Crippen LogP contribution in [0.1, 0.15) is 12.8 Å². The number of ether oxygens (including phenoxy) is 2. The van der Waals surface area contributed by atoms with Crippen molar-refractivity contribution in [3.63, 3.8) is 0 Å². The second-order valence-electron chi connectivity index (χ2n) is 7.39. The standard InChI is InChI=1S/C23H27N5O3/c1-28(12-13-29)22-7-4-18(16-25-22)26-23-24-11-8-21(27-23)17-2-5-19(6-3-17)31-20-9-14-30-15-10-20/h2-8,11,16,20,29H,9-10,12-15H2,1H3,(H,24,26,27). The average Bonchev–Trinajstić information content (AvgIpc) is 2.81. The summed E-state index contributed by atoms with van der Waals surface area (Å²) >= 11 is 0. The molecule has 0 saturated carbocycles. The molecule has 2 N–H and O–H groups in total. The minimum absolute atomic E-state index is 0.0848.